The second-order valence-corrected chi connectivity index (χ2v) is 7.40. The summed E-state index contributed by atoms with van der Waals surface area (Å²) < 4.78 is 10.6. The summed E-state index contributed by atoms with van der Waals surface area (Å²) in [4.78, 5) is 37.1. The highest BCUT2D eigenvalue weighted by Crippen LogP contribution is 2.42. The van der Waals surface area contributed by atoms with Crippen LogP contribution in [0.5, 0.6) is 0 Å². The summed E-state index contributed by atoms with van der Waals surface area (Å²) >= 11 is 0. The van der Waals surface area contributed by atoms with Crippen LogP contribution in [0, 0.1) is 0 Å². The molecule has 2 aromatic heterocycles. The van der Waals surface area contributed by atoms with Gasteiger partial charge in [-0.25, -0.2) is 4.98 Å². The number of furan rings is 1. The van der Waals surface area contributed by atoms with Gasteiger partial charge in [-0.3, -0.25) is 9.59 Å². The van der Waals surface area contributed by atoms with Crippen LogP contribution in [0.15, 0.2) is 22.9 Å². The van der Waals surface area contributed by atoms with Crippen LogP contribution >= 0.6 is 0 Å². The summed E-state index contributed by atoms with van der Waals surface area (Å²) in [6.07, 6.45) is 4.32. The molecule has 1 saturated heterocycles. The lowest BCUT2D eigenvalue weighted by Crippen LogP contribution is -2.58. The molecular weight excluding hydrogens is 360 g/mol. The average molecular weight is 386 g/mol. The maximum absolute atomic E-state index is 12.8. The van der Waals surface area contributed by atoms with Crippen LogP contribution in [0.2, 0.25) is 0 Å². The summed E-state index contributed by atoms with van der Waals surface area (Å²) in [6, 6.07) is 3.46. The lowest BCUT2D eigenvalue weighted by molar-refractivity contribution is -0.141. The van der Waals surface area contributed by atoms with Crippen molar-refractivity contribution in [3.63, 3.8) is 0 Å². The number of ether oxygens (including phenoxy) is 1. The van der Waals surface area contributed by atoms with E-state index in [1.165, 1.54) is 0 Å². The van der Waals surface area contributed by atoms with Gasteiger partial charge in [0.2, 0.25) is 5.91 Å². The second kappa shape index (κ2) is 7.43. The van der Waals surface area contributed by atoms with Gasteiger partial charge in [0.25, 0.3) is 5.91 Å². The minimum absolute atomic E-state index is 0.122. The number of carbonyl (C=O) groups is 2. The average Bonchev–Trinajstić information content (AvgIpc) is 3.38. The number of aromatic nitrogens is 2. The first-order chi connectivity index (χ1) is 13.6. The molecule has 2 amide bonds. The number of methoxy groups -OCH3 is 1. The highest BCUT2D eigenvalue weighted by molar-refractivity contribution is 5.91. The first-order valence-corrected chi connectivity index (χ1v) is 9.79. The summed E-state index contributed by atoms with van der Waals surface area (Å²) in [6.45, 7) is 4.03. The number of fused-ring (bicyclic) bond motifs is 2. The fourth-order valence-corrected chi connectivity index (χ4v) is 4.49. The van der Waals surface area contributed by atoms with Crippen LogP contribution < -0.4 is 0 Å². The van der Waals surface area contributed by atoms with Crippen molar-refractivity contribution in [2.24, 2.45) is 0 Å². The molecule has 150 valence electrons. The molecule has 1 N–H and O–H groups in total. The van der Waals surface area contributed by atoms with E-state index < -0.39 is 5.54 Å². The monoisotopic (exact) mass is 386 g/mol. The van der Waals surface area contributed by atoms with Crippen LogP contribution in [0.4, 0.5) is 0 Å². The van der Waals surface area contributed by atoms with Gasteiger partial charge in [-0.15, -0.1) is 0 Å². The third kappa shape index (κ3) is 3.01. The first kappa shape index (κ1) is 18.7. The quantitative estimate of drug-likeness (QED) is 0.869. The van der Waals surface area contributed by atoms with E-state index >= 15 is 0 Å². The van der Waals surface area contributed by atoms with E-state index in [2.05, 4.69) is 9.97 Å². The molecule has 0 saturated carbocycles. The minimum Gasteiger partial charge on any atom is -0.453 e. The molecule has 0 radical (unpaired) electrons. The molecule has 2 aliphatic heterocycles. The molecule has 0 atom stereocenters. The Labute approximate surface area is 163 Å². The Bertz CT molecular complexity index is 863. The fraction of sp³-hybridized carbons (Fsp3) is 0.550. The summed E-state index contributed by atoms with van der Waals surface area (Å²) in [7, 11) is 1.59. The fourth-order valence-electron chi connectivity index (χ4n) is 4.49. The summed E-state index contributed by atoms with van der Waals surface area (Å²) in [5, 5.41) is 0. The van der Waals surface area contributed by atoms with Crippen molar-refractivity contribution in [3.05, 3.63) is 41.4 Å². The number of aromatic amines is 1. The Balaban J connectivity index is 1.54. The Hall–Kier alpha value is -2.61. The first-order valence-electron chi connectivity index (χ1n) is 9.79. The van der Waals surface area contributed by atoms with Gasteiger partial charge in [-0.1, -0.05) is 6.92 Å². The van der Waals surface area contributed by atoms with Gasteiger partial charge in [0.05, 0.1) is 17.6 Å². The number of hydrogen-bond donors (Lipinski definition) is 1. The predicted octanol–water partition coefficient (Wildman–Crippen LogP) is 2.08. The van der Waals surface area contributed by atoms with Crippen molar-refractivity contribution >= 4 is 11.8 Å². The van der Waals surface area contributed by atoms with E-state index in [4.69, 9.17) is 9.15 Å². The van der Waals surface area contributed by atoms with E-state index in [0.29, 0.717) is 57.0 Å². The van der Waals surface area contributed by atoms with Gasteiger partial charge in [0.1, 0.15) is 12.4 Å². The van der Waals surface area contributed by atoms with Gasteiger partial charge < -0.3 is 23.9 Å². The molecule has 2 aromatic rings. The molecular formula is C20H26N4O4. The van der Waals surface area contributed by atoms with Crippen LogP contribution in [-0.4, -0.2) is 58.3 Å². The molecule has 0 aliphatic carbocycles. The molecule has 2 aliphatic rings. The zero-order chi connectivity index (χ0) is 19.7. The Morgan fingerprint density at radius 1 is 1.29 bits per heavy atom. The van der Waals surface area contributed by atoms with E-state index in [1.54, 1.807) is 30.5 Å². The highest BCUT2D eigenvalue weighted by atomic mass is 16.5. The number of nitrogens with zero attached hydrogens (tertiary/aromatic N) is 3. The van der Waals surface area contributed by atoms with Crippen molar-refractivity contribution in [2.45, 2.75) is 44.8 Å². The standard InChI is InChI=1S/C20H26N4O4/c1-3-17(25)24-9-6-15-18(22-13-21-15)20(24)7-10-23(11-8-20)19(26)16-5-4-14(28-16)12-27-2/h4-5,13H,3,6-12H2,1-2H3,(H,21,22). The van der Waals surface area contributed by atoms with Gasteiger partial charge in [0.15, 0.2) is 5.76 Å². The Morgan fingerprint density at radius 3 is 2.79 bits per heavy atom. The largest absolute Gasteiger partial charge is 0.453 e. The lowest BCUT2D eigenvalue weighted by Gasteiger charge is -2.50. The van der Waals surface area contributed by atoms with Crippen molar-refractivity contribution < 1.29 is 18.7 Å². The maximum atomic E-state index is 12.8. The highest BCUT2D eigenvalue weighted by Gasteiger charge is 2.48. The molecule has 1 spiro atoms. The van der Waals surface area contributed by atoms with E-state index in [0.717, 1.165) is 17.8 Å². The van der Waals surface area contributed by atoms with Crippen LogP contribution in [0.1, 0.15) is 53.9 Å². The van der Waals surface area contributed by atoms with Crippen LogP contribution in [-0.2, 0) is 28.1 Å². The minimum atomic E-state index is -0.429. The molecule has 0 unspecified atom stereocenters. The number of amides is 2. The molecule has 1 fully saturated rings. The number of nitrogens with one attached hydrogen (secondary N) is 1. The smallest absolute Gasteiger partial charge is 0.289 e. The van der Waals surface area contributed by atoms with Crippen molar-refractivity contribution in [1.82, 2.24) is 19.8 Å². The van der Waals surface area contributed by atoms with Crippen molar-refractivity contribution in [2.75, 3.05) is 26.7 Å². The number of piperidine rings is 1. The lowest BCUT2D eigenvalue weighted by atomic mass is 9.78. The number of H-pyrrole nitrogens is 1. The van der Waals surface area contributed by atoms with Gasteiger partial charge in [-0.05, 0) is 25.0 Å². The van der Waals surface area contributed by atoms with Crippen LogP contribution in [0.25, 0.3) is 0 Å². The number of imidazole rings is 1. The van der Waals surface area contributed by atoms with E-state index in [1.807, 2.05) is 11.8 Å². The third-order valence-corrected chi connectivity index (χ3v) is 5.90. The molecule has 0 aromatic carbocycles. The summed E-state index contributed by atoms with van der Waals surface area (Å²) in [5.74, 6) is 0.980. The molecule has 0 bridgehead atoms. The summed E-state index contributed by atoms with van der Waals surface area (Å²) in [5.41, 5.74) is 1.64. The zero-order valence-electron chi connectivity index (χ0n) is 16.4. The van der Waals surface area contributed by atoms with Gasteiger partial charge >= 0.3 is 0 Å². The van der Waals surface area contributed by atoms with E-state index in [9.17, 15) is 9.59 Å². The molecule has 28 heavy (non-hydrogen) atoms. The van der Waals surface area contributed by atoms with Gasteiger partial charge in [-0.2, -0.15) is 0 Å². The maximum Gasteiger partial charge on any atom is 0.289 e. The van der Waals surface area contributed by atoms with Crippen molar-refractivity contribution in [3.8, 4) is 0 Å². The second-order valence-electron chi connectivity index (χ2n) is 7.40. The number of hydrogen-bond acceptors (Lipinski definition) is 5. The third-order valence-electron chi connectivity index (χ3n) is 5.90. The van der Waals surface area contributed by atoms with E-state index in [-0.39, 0.29) is 11.8 Å². The molecule has 4 heterocycles. The van der Waals surface area contributed by atoms with Gasteiger partial charge in [0, 0.05) is 45.3 Å². The molecule has 4 rings (SSSR count). The topological polar surface area (TPSA) is 91.7 Å². The molecule has 8 heteroatoms. The Kier molecular flexibility index (Phi) is 4.97. The number of likely N-dealkylation sites (tertiary alicyclic amines) is 1. The molecule has 8 nitrogen and oxygen atoms in total. The normalized spacial score (nSPS) is 18.4. The number of rotatable bonds is 4. The predicted molar refractivity (Wildman–Crippen MR) is 101 cm³/mol. The van der Waals surface area contributed by atoms with Crippen LogP contribution in [0.3, 0.4) is 0 Å². The zero-order valence-corrected chi connectivity index (χ0v) is 16.4. The Morgan fingerprint density at radius 2 is 2.07 bits per heavy atom. The SMILES string of the molecule is CCC(=O)N1CCc2[nH]cnc2C12CCN(C(=O)c1ccc(COC)o1)CC2. The number of carbonyl (C=O) groups excluding carboxylic acids is 2. The van der Waals surface area contributed by atoms with Crippen molar-refractivity contribution in [1.29, 1.82) is 0 Å².